The topological polar surface area (TPSA) is 44.8 Å². The first kappa shape index (κ1) is 10.3. The minimum atomic E-state index is -0.0346. The predicted molar refractivity (Wildman–Crippen MR) is 49.2 cm³/mol. The van der Waals surface area contributed by atoms with Gasteiger partial charge in [-0.1, -0.05) is 6.92 Å². The van der Waals surface area contributed by atoms with Crippen LogP contribution in [0.2, 0.25) is 0 Å². The van der Waals surface area contributed by atoms with Gasteiger partial charge in [0.15, 0.2) is 0 Å². The lowest BCUT2D eigenvalue weighted by Crippen LogP contribution is -2.50. The van der Waals surface area contributed by atoms with E-state index in [9.17, 15) is 4.79 Å². The van der Waals surface area contributed by atoms with Gasteiger partial charge in [0, 0.05) is 26.7 Å². The highest BCUT2D eigenvalue weighted by Gasteiger charge is 2.16. The molecule has 1 heterocycles. The minimum absolute atomic E-state index is 0.0346. The number of morpholine rings is 1. The number of nitrogens with zero attached hydrogens (tertiary/aromatic N) is 2. The summed E-state index contributed by atoms with van der Waals surface area (Å²) in [6, 6.07) is -0.0346. The first-order chi connectivity index (χ1) is 6.24. The average molecular weight is 187 g/mol. The maximum atomic E-state index is 11.5. The van der Waals surface area contributed by atoms with Crippen molar-refractivity contribution in [1.29, 1.82) is 0 Å². The van der Waals surface area contributed by atoms with Crippen LogP contribution in [-0.4, -0.2) is 55.8 Å². The Kier molecular flexibility index (Phi) is 3.98. The number of hydrazine groups is 1. The fourth-order valence-corrected chi connectivity index (χ4v) is 1.08. The van der Waals surface area contributed by atoms with E-state index in [0.29, 0.717) is 26.3 Å². The van der Waals surface area contributed by atoms with Crippen molar-refractivity contribution in [3.8, 4) is 0 Å². The van der Waals surface area contributed by atoms with E-state index in [2.05, 4.69) is 5.43 Å². The molecule has 0 spiro atoms. The van der Waals surface area contributed by atoms with E-state index in [1.807, 2.05) is 14.0 Å². The maximum Gasteiger partial charge on any atom is 0.332 e. The van der Waals surface area contributed by atoms with Crippen LogP contribution in [0.3, 0.4) is 0 Å². The number of rotatable bonds is 2. The molecule has 0 aliphatic carbocycles. The summed E-state index contributed by atoms with van der Waals surface area (Å²) >= 11 is 0. The van der Waals surface area contributed by atoms with Gasteiger partial charge in [-0.15, -0.1) is 0 Å². The molecule has 5 heteroatoms. The smallest absolute Gasteiger partial charge is 0.332 e. The molecule has 0 aromatic carbocycles. The van der Waals surface area contributed by atoms with E-state index in [1.165, 1.54) is 0 Å². The number of urea groups is 1. The number of carbonyl (C=O) groups is 1. The Morgan fingerprint density at radius 3 is 2.69 bits per heavy atom. The zero-order valence-corrected chi connectivity index (χ0v) is 8.25. The van der Waals surface area contributed by atoms with Gasteiger partial charge in [0.2, 0.25) is 0 Å². The quantitative estimate of drug-likeness (QED) is 0.614. The van der Waals surface area contributed by atoms with Gasteiger partial charge in [-0.25, -0.2) is 9.80 Å². The lowest BCUT2D eigenvalue weighted by molar-refractivity contribution is 0.0480. The molecule has 0 aromatic rings. The third-order valence-electron chi connectivity index (χ3n) is 2.06. The third-order valence-corrected chi connectivity index (χ3v) is 2.06. The molecule has 1 aliphatic heterocycles. The molecule has 1 N–H and O–H groups in total. The molecule has 1 aliphatic rings. The summed E-state index contributed by atoms with van der Waals surface area (Å²) in [6.45, 7) is 5.44. The monoisotopic (exact) mass is 187 g/mol. The molecule has 0 aromatic heterocycles. The molecule has 0 unspecified atom stereocenters. The molecule has 0 radical (unpaired) electrons. The minimum Gasteiger partial charge on any atom is -0.378 e. The number of carbonyl (C=O) groups excluding carboxylic acids is 1. The van der Waals surface area contributed by atoms with Crippen LogP contribution in [0.5, 0.6) is 0 Å². The molecule has 0 saturated carbocycles. The van der Waals surface area contributed by atoms with Crippen molar-refractivity contribution in [1.82, 2.24) is 15.3 Å². The van der Waals surface area contributed by atoms with Crippen LogP contribution in [0.1, 0.15) is 6.92 Å². The van der Waals surface area contributed by atoms with Crippen LogP contribution in [0.15, 0.2) is 0 Å². The fourth-order valence-electron chi connectivity index (χ4n) is 1.08. The molecule has 13 heavy (non-hydrogen) atoms. The lowest BCUT2D eigenvalue weighted by Gasteiger charge is -2.28. The highest BCUT2D eigenvalue weighted by molar-refractivity contribution is 5.73. The van der Waals surface area contributed by atoms with Crippen LogP contribution in [-0.2, 0) is 4.74 Å². The summed E-state index contributed by atoms with van der Waals surface area (Å²) in [5, 5.41) is 1.76. The van der Waals surface area contributed by atoms with E-state index >= 15 is 0 Å². The van der Waals surface area contributed by atoms with Crippen LogP contribution in [0, 0.1) is 0 Å². The second-order valence-corrected chi connectivity index (χ2v) is 3.03. The van der Waals surface area contributed by atoms with Crippen LogP contribution < -0.4 is 5.43 Å². The average Bonchev–Trinajstić information content (AvgIpc) is 2.19. The first-order valence-corrected chi connectivity index (χ1v) is 4.58. The molecule has 1 saturated heterocycles. The van der Waals surface area contributed by atoms with Crippen LogP contribution >= 0.6 is 0 Å². The SMILES string of the molecule is CCN(C)NC(=O)N1CCOCC1. The van der Waals surface area contributed by atoms with Crippen molar-refractivity contribution in [2.24, 2.45) is 0 Å². The number of hydrogen-bond donors (Lipinski definition) is 1. The standard InChI is InChI=1S/C8H17N3O2/c1-3-10(2)9-8(12)11-4-6-13-7-5-11/h3-7H2,1-2H3,(H,9,12). The largest absolute Gasteiger partial charge is 0.378 e. The predicted octanol–water partition coefficient (Wildman–Crippen LogP) is -0.105. The zero-order valence-electron chi connectivity index (χ0n) is 8.25. The van der Waals surface area contributed by atoms with Gasteiger partial charge in [-0.2, -0.15) is 0 Å². The van der Waals surface area contributed by atoms with Crippen molar-refractivity contribution in [3.05, 3.63) is 0 Å². The van der Waals surface area contributed by atoms with E-state index in [4.69, 9.17) is 4.74 Å². The number of ether oxygens (including phenoxy) is 1. The van der Waals surface area contributed by atoms with Gasteiger partial charge in [0.25, 0.3) is 0 Å². The summed E-state index contributed by atoms with van der Waals surface area (Å²) in [4.78, 5) is 13.2. The van der Waals surface area contributed by atoms with E-state index < -0.39 is 0 Å². The Morgan fingerprint density at radius 2 is 2.15 bits per heavy atom. The summed E-state index contributed by atoms with van der Waals surface area (Å²) in [5.74, 6) is 0. The maximum absolute atomic E-state index is 11.5. The van der Waals surface area contributed by atoms with Crippen LogP contribution in [0.4, 0.5) is 4.79 Å². The second kappa shape index (κ2) is 5.04. The number of amides is 2. The van der Waals surface area contributed by atoms with Crippen molar-refractivity contribution in [2.45, 2.75) is 6.92 Å². The zero-order chi connectivity index (χ0) is 9.68. The Morgan fingerprint density at radius 1 is 1.54 bits per heavy atom. The van der Waals surface area contributed by atoms with Gasteiger partial charge in [0.05, 0.1) is 13.2 Å². The number of nitrogens with one attached hydrogen (secondary N) is 1. The Labute approximate surface area is 78.6 Å². The molecule has 0 atom stereocenters. The molecule has 0 bridgehead atoms. The van der Waals surface area contributed by atoms with Crippen molar-refractivity contribution < 1.29 is 9.53 Å². The highest BCUT2D eigenvalue weighted by atomic mass is 16.5. The summed E-state index contributed by atoms with van der Waals surface area (Å²) in [6.07, 6.45) is 0. The summed E-state index contributed by atoms with van der Waals surface area (Å²) < 4.78 is 5.15. The Bertz CT molecular complexity index is 169. The van der Waals surface area contributed by atoms with Crippen molar-refractivity contribution in [3.63, 3.8) is 0 Å². The molecule has 1 rings (SSSR count). The van der Waals surface area contributed by atoms with Gasteiger partial charge < -0.3 is 9.64 Å². The normalized spacial score (nSPS) is 17.6. The Hall–Kier alpha value is -0.810. The molecule has 76 valence electrons. The summed E-state index contributed by atoms with van der Waals surface area (Å²) in [7, 11) is 1.85. The fraction of sp³-hybridized carbons (Fsp3) is 0.875. The van der Waals surface area contributed by atoms with Gasteiger partial charge in [-0.05, 0) is 0 Å². The Balaban J connectivity index is 2.29. The molecule has 2 amide bonds. The van der Waals surface area contributed by atoms with Crippen molar-refractivity contribution in [2.75, 3.05) is 39.9 Å². The lowest BCUT2D eigenvalue weighted by atomic mass is 10.4. The van der Waals surface area contributed by atoms with Crippen molar-refractivity contribution >= 4 is 6.03 Å². The molecular formula is C8H17N3O2. The van der Waals surface area contributed by atoms with E-state index in [1.54, 1.807) is 9.91 Å². The van der Waals surface area contributed by atoms with E-state index in [0.717, 1.165) is 6.54 Å². The third kappa shape index (κ3) is 3.20. The highest BCUT2D eigenvalue weighted by Crippen LogP contribution is 1.96. The summed E-state index contributed by atoms with van der Waals surface area (Å²) in [5.41, 5.74) is 2.76. The molecule has 5 nitrogen and oxygen atoms in total. The van der Waals surface area contributed by atoms with Crippen LogP contribution in [0.25, 0.3) is 0 Å². The van der Waals surface area contributed by atoms with E-state index in [-0.39, 0.29) is 6.03 Å². The second-order valence-electron chi connectivity index (χ2n) is 3.03. The molecule has 1 fully saturated rings. The van der Waals surface area contributed by atoms with Gasteiger partial charge in [-0.3, -0.25) is 5.43 Å². The molecular weight excluding hydrogens is 170 g/mol. The number of hydrogen-bond acceptors (Lipinski definition) is 3. The van der Waals surface area contributed by atoms with Gasteiger partial charge >= 0.3 is 6.03 Å². The first-order valence-electron chi connectivity index (χ1n) is 4.58. The van der Waals surface area contributed by atoms with Gasteiger partial charge in [0.1, 0.15) is 0 Å².